The number of benzene rings is 2. The monoisotopic (exact) mass is 468 g/mol. The van der Waals surface area contributed by atoms with Crippen LogP contribution in [0.5, 0.6) is 0 Å². The normalized spacial score (nSPS) is 17.0. The van der Waals surface area contributed by atoms with E-state index in [2.05, 4.69) is 48.4 Å². The molecule has 7 heteroatoms. The first-order valence-corrected chi connectivity index (χ1v) is 11.1. The van der Waals surface area contributed by atoms with E-state index in [1.54, 1.807) is 0 Å². The van der Waals surface area contributed by atoms with Crippen molar-refractivity contribution < 1.29 is 9.32 Å². The van der Waals surface area contributed by atoms with Crippen molar-refractivity contribution in [2.75, 3.05) is 19.6 Å². The largest absolute Gasteiger partial charge is 0.355 e. The van der Waals surface area contributed by atoms with Gasteiger partial charge in [-0.3, -0.25) is 9.69 Å². The molecular weight excluding hydrogens is 444 g/mol. The number of carbonyl (C=O) groups excluding carboxylic acids is 1. The van der Waals surface area contributed by atoms with Crippen LogP contribution < -0.4 is 5.32 Å². The fraction of sp³-hybridized carbons (Fsp3) is 0.348. The van der Waals surface area contributed by atoms with Gasteiger partial charge in [0.15, 0.2) is 0 Å². The smallest absolute Gasteiger partial charge is 0.241 e. The van der Waals surface area contributed by atoms with E-state index in [9.17, 15) is 4.79 Å². The Morgan fingerprint density at radius 2 is 1.97 bits per heavy atom. The Hall–Kier alpha value is -2.51. The van der Waals surface area contributed by atoms with Gasteiger partial charge in [0.05, 0.1) is 12.5 Å². The lowest BCUT2D eigenvalue weighted by molar-refractivity contribution is -0.126. The molecule has 2 heterocycles. The molecule has 2 aromatic carbocycles. The highest BCUT2D eigenvalue weighted by molar-refractivity contribution is 9.10. The lowest BCUT2D eigenvalue weighted by atomic mass is 9.97. The highest BCUT2D eigenvalue weighted by atomic mass is 79.9. The van der Waals surface area contributed by atoms with Crippen LogP contribution in [0.15, 0.2) is 63.6 Å². The molecule has 0 saturated carbocycles. The molecule has 1 N–H and O–H groups in total. The molecule has 0 radical (unpaired) electrons. The maximum atomic E-state index is 12.6. The zero-order chi connectivity index (χ0) is 20.8. The van der Waals surface area contributed by atoms with Crippen molar-refractivity contribution in [2.45, 2.75) is 25.8 Å². The molecule has 1 unspecified atom stereocenters. The molecule has 1 fully saturated rings. The summed E-state index contributed by atoms with van der Waals surface area (Å²) in [6, 6.07) is 18.0. The summed E-state index contributed by atoms with van der Waals surface area (Å²) < 4.78 is 6.46. The maximum Gasteiger partial charge on any atom is 0.241 e. The average Bonchev–Trinajstić information content (AvgIpc) is 3.23. The molecule has 0 spiro atoms. The van der Waals surface area contributed by atoms with Gasteiger partial charge in [-0.1, -0.05) is 51.4 Å². The number of halogens is 1. The fourth-order valence-corrected chi connectivity index (χ4v) is 4.02. The zero-order valence-electron chi connectivity index (χ0n) is 16.8. The molecule has 1 amide bonds. The van der Waals surface area contributed by atoms with Gasteiger partial charge in [-0.25, -0.2) is 0 Å². The number of amides is 1. The van der Waals surface area contributed by atoms with Crippen LogP contribution in [0.25, 0.3) is 11.4 Å². The molecule has 0 aliphatic carbocycles. The number of hydrogen-bond acceptors (Lipinski definition) is 5. The van der Waals surface area contributed by atoms with Crippen LogP contribution in [0.3, 0.4) is 0 Å². The van der Waals surface area contributed by atoms with Crippen molar-refractivity contribution in [1.29, 1.82) is 0 Å². The molecule has 6 nitrogen and oxygen atoms in total. The maximum absolute atomic E-state index is 12.6. The number of rotatable bonds is 7. The van der Waals surface area contributed by atoms with Crippen molar-refractivity contribution in [1.82, 2.24) is 20.4 Å². The second kappa shape index (κ2) is 10.00. The van der Waals surface area contributed by atoms with Gasteiger partial charge in [-0.2, -0.15) is 4.98 Å². The van der Waals surface area contributed by atoms with E-state index in [0.717, 1.165) is 35.8 Å². The van der Waals surface area contributed by atoms with E-state index in [4.69, 9.17) is 4.52 Å². The summed E-state index contributed by atoms with van der Waals surface area (Å²) in [5, 5.41) is 7.19. The summed E-state index contributed by atoms with van der Waals surface area (Å²) in [4.78, 5) is 19.4. The number of nitrogens with zero attached hydrogens (tertiary/aromatic N) is 3. The fourth-order valence-electron chi connectivity index (χ4n) is 3.76. The van der Waals surface area contributed by atoms with Crippen LogP contribution in [-0.4, -0.2) is 40.6 Å². The van der Waals surface area contributed by atoms with E-state index in [-0.39, 0.29) is 11.8 Å². The van der Waals surface area contributed by atoms with E-state index in [1.807, 2.05) is 42.5 Å². The van der Waals surface area contributed by atoms with Gasteiger partial charge in [0.1, 0.15) is 0 Å². The summed E-state index contributed by atoms with van der Waals surface area (Å²) in [5.74, 6) is 1.31. The van der Waals surface area contributed by atoms with Gasteiger partial charge in [-0.05, 0) is 55.6 Å². The average molecular weight is 469 g/mol. The second-order valence-electron chi connectivity index (χ2n) is 7.62. The molecule has 0 bridgehead atoms. The summed E-state index contributed by atoms with van der Waals surface area (Å²) in [7, 11) is 0. The van der Waals surface area contributed by atoms with Crippen molar-refractivity contribution in [3.63, 3.8) is 0 Å². The third-order valence-electron chi connectivity index (χ3n) is 5.36. The molecule has 30 heavy (non-hydrogen) atoms. The molecule has 1 aliphatic rings. The Kier molecular flexibility index (Phi) is 6.92. The number of aromatic nitrogens is 2. The molecule has 1 aliphatic heterocycles. The molecule has 156 valence electrons. The number of piperidine rings is 1. The minimum atomic E-state index is 0.00314. The van der Waals surface area contributed by atoms with Gasteiger partial charge in [0, 0.05) is 23.1 Å². The van der Waals surface area contributed by atoms with Crippen molar-refractivity contribution in [2.24, 2.45) is 5.92 Å². The van der Waals surface area contributed by atoms with E-state index < -0.39 is 0 Å². The first-order chi connectivity index (χ1) is 14.7. The molecule has 1 atom stereocenters. The number of nitrogens with one attached hydrogen (secondary N) is 1. The summed E-state index contributed by atoms with van der Waals surface area (Å²) >= 11 is 3.43. The van der Waals surface area contributed by atoms with Crippen LogP contribution in [0.1, 0.15) is 24.3 Å². The second-order valence-corrected chi connectivity index (χ2v) is 8.54. The van der Waals surface area contributed by atoms with Crippen molar-refractivity contribution in [3.05, 3.63) is 70.5 Å². The SMILES string of the molecule is O=C(NCCc1ccccc1)C1CCCN(Cc2nc(-c3ccc(Br)cc3)no2)C1. The quantitative estimate of drug-likeness (QED) is 0.565. The van der Waals surface area contributed by atoms with Crippen LogP contribution in [0, 0.1) is 5.92 Å². The highest BCUT2D eigenvalue weighted by Gasteiger charge is 2.26. The Morgan fingerprint density at radius 3 is 2.77 bits per heavy atom. The van der Waals surface area contributed by atoms with Gasteiger partial charge in [-0.15, -0.1) is 0 Å². The standard InChI is InChI=1S/C23H25BrN4O2/c24-20-10-8-18(9-11-20)22-26-21(30-27-22)16-28-14-4-7-19(15-28)23(29)25-13-12-17-5-2-1-3-6-17/h1-3,5-6,8-11,19H,4,7,12-16H2,(H,25,29). The van der Waals surface area contributed by atoms with Gasteiger partial charge >= 0.3 is 0 Å². The first-order valence-electron chi connectivity index (χ1n) is 10.3. The third-order valence-corrected chi connectivity index (χ3v) is 5.89. The minimum Gasteiger partial charge on any atom is -0.355 e. The van der Waals surface area contributed by atoms with Crippen LogP contribution in [0.4, 0.5) is 0 Å². The highest BCUT2D eigenvalue weighted by Crippen LogP contribution is 2.21. The lowest BCUT2D eigenvalue weighted by Crippen LogP contribution is -2.43. The van der Waals surface area contributed by atoms with Crippen LogP contribution in [-0.2, 0) is 17.8 Å². The van der Waals surface area contributed by atoms with E-state index in [0.29, 0.717) is 31.3 Å². The van der Waals surface area contributed by atoms with Gasteiger partial charge in [0.2, 0.25) is 17.6 Å². The lowest BCUT2D eigenvalue weighted by Gasteiger charge is -2.30. The predicted octanol–water partition coefficient (Wildman–Crippen LogP) is 4.07. The van der Waals surface area contributed by atoms with E-state index >= 15 is 0 Å². The molecule has 1 aromatic heterocycles. The molecule has 1 saturated heterocycles. The molecular formula is C23H25BrN4O2. The Morgan fingerprint density at radius 1 is 1.17 bits per heavy atom. The van der Waals surface area contributed by atoms with Crippen LogP contribution in [0.2, 0.25) is 0 Å². The third kappa shape index (κ3) is 5.55. The summed E-state index contributed by atoms with van der Waals surface area (Å²) in [6.07, 6.45) is 2.76. The van der Waals surface area contributed by atoms with Crippen LogP contribution >= 0.6 is 15.9 Å². The van der Waals surface area contributed by atoms with Gasteiger partial charge < -0.3 is 9.84 Å². The number of carbonyl (C=O) groups is 1. The topological polar surface area (TPSA) is 71.3 Å². The molecule has 3 aromatic rings. The van der Waals surface area contributed by atoms with Crippen molar-refractivity contribution >= 4 is 21.8 Å². The molecule has 4 rings (SSSR count). The predicted molar refractivity (Wildman–Crippen MR) is 119 cm³/mol. The summed E-state index contributed by atoms with van der Waals surface area (Å²) in [6.45, 7) is 2.88. The van der Waals surface area contributed by atoms with E-state index in [1.165, 1.54) is 5.56 Å². The number of hydrogen-bond donors (Lipinski definition) is 1. The minimum absolute atomic E-state index is 0.00314. The Balaban J connectivity index is 1.27. The Bertz CT molecular complexity index is 959. The number of likely N-dealkylation sites (tertiary alicyclic amines) is 1. The van der Waals surface area contributed by atoms with Gasteiger partial charge in [0.25, 0.3) is 0 Å². The first kappa shape index (κ1) is 20.8. The van der Waals surface area contributed by atoms with Crippen molar-refractivity contribution in [3.8, 4) is 11.4 Å². The summed E-state index contributed by atoms with van der Waals surface area (Å²) in [5.41, 5.74) is 2.16. The zero-order valence-corrected chi connectivity index (χ0v) is 18.3. The Labute approximate surface area is 184 Å².